The molecule has 0 spiro atoms. The summed E-state index contributed by atoms with van der Waals surface area (Å²) in [5.41, 5.74) is 1.11. The number of amides is 1. The first kappa shape index (κ1) is 14.4. The maximum Gasteiger partial charge on any atom is 0.222 e. The summed E-state index contributed by atoms with van der Waals surface area (Å²) >= 11 is 0. The fourth-order valence-corrected chi connectivity index (χ4v) is 1.46. The molecule has 1 aromatic rings. The van der Waals surface area contributed by atoms with Gasteiger partial charge in [-0.05, 0) is 18.5 Å². The van der Waals surface area contributed by atoms with Gasteiger partial charge in [0, 0.05) is 39.3 Å². The van der Waals surface area contributed by atoms with E-state index in [0.29, 0.717) is 12.3 Å². The van der Waals surface area contributed by atoms with Crippen LogP contribution in [0.1, 0.15) is 18.4 Å². The molecule has 0 radical (unpaired) electrons. The van der Waals surface area contributed by atoms with Crippen molar-refractivity contribution in [1.29, 1.82) is 0 Å². The lowest BCUT2D eigenvalue weighted by molar-refractivity contribution is -0.128. The summed E-state index contributed by atoms with van der Waals surface area (Å²) in [5.74, 6) is 0.790. The Labute approximate surface area is 108 Å². The van der Waals surface area contributed by atoms with E-state index in [0.717, 1.165) is 25.1 Å². The number of nitrogens with zero attached hydrogens (tertiary/aromatic N) is 2. The lowest BCUT2D eigenvalue weighted by Gasteiger charge is -2.10. The molecule has 0 bridgehead atoms. The van der Waals surface area contributed by atoms with E-state index >= 15 is 0 Å². The van der Waals surface area contributed by atoms with Crippen molar-refractivity contribution < 1.29 is 9.53 Å². The highest BCUT2D eigenvalue weighted by Crippen LogP contribution is 2.06. The average molecular weight is 251 g/mol. The van der Waals surface area contributed by atoms with Crippen LogP contribution in [0, 0.1) is 0 Å². The third kappa shape index (κ3) is 5.14. The zero-order chi connectivity index (χ0) is 13.4. The lowest BCUT2D eigenvalue weighted by atomic mass is 10.2. The molecule has 0 aliphatic carbocycles. The van der Waals surface area contributed by atoms with Crippen LogP contribution in [0.3, 0.4) is 0 Å². The molecule has 1 amide bonds. The zero-order valence-electron chi connectivity index (χ0n) is 11.3. The van der Waals surface area contributed by atoms with Crippen LogP contribution in [0.25, 0.3) is 0 Å². The Morgan fingerprint density at radius 3 is 2.78 bits per heavy atom. The maximum absolute atomic E-state index is 11.3. The number of nitrogens with one attached hydrogen (secondary N) is 1. The number of carbonyl (C=O) groups is 1. The van der Waals surface area contributed by atoms with Gasteiger partial charge in [0.2, 0.25) is 11.8 Å². The van der Waals surface area contributed by atoms with Gasteiger partial charge in [-0.1, -0.05) is 6.07 Å². The number of methoxy groups -OCH3 is 1. The van der Waals surface area contributed by atoms with E-state index in [-0.39, 0.29) is 5.91 Å². The van der Waals surface area contributed by atoms with Gasteiger partial charge >= 0.3 is 0 Å². The van der Waals surface area contributed by atoms with Crippen molar-refractivity contribution >= 4 is 5.91 Å². The van der Waals surface area contributed by atoms with Gasteiger partial charge in [-0.2, -0.15) is 0 Å². The average Bonchev–Trinajstić information content (AvgIpc) is 2.38. The molecular weight excluding hydrogens is 230 g/mol. The molecule has 18 heavy (non-hydrogen) atoms. The Morgan fingerprint density at radius 2 is 2.22 bits per heavy atom. The van der Waals surface area contributed by atoms with Gasteiger partial charge in [-0.3, -0.25) is 4.79 Å². The highest BCUT2D eigenvalue weighted by atomic mass is 16.5. The third-order valence-electron chi connectivity index (χ3n) is 2.58. The van der Waals surface area contributed by atoms with Crippen LogP contribution >= 0.6 is 0 Å². The predicted octanol–water partition coefficient (Wildman–Crippen LogP) is 1.05. The molecule has 5 nitrogen and oxygen atoms in total. The smallest absolute Gasteiger partial charge is 0.222 e. The van der Waals surface area contributed by atoms with Crippen LogP contribution < -0.4 is 10.1 Å². The minimum absolute atomic E-state index is 0.169. The van der Waals surface area contributed by atoms with Crippen molar-refractivity contribution in [2.45, 2.75) is 19.4 Å². The second-order valence-corrected chi connectivity index (χ2v) is 4.28. The van der Waals surface area contributed by atoms with Crippen LogP contribution in [-0.2, 0) is 11.3 Å². The Morgan fingerprint density at radius 1 is 1.44 bits per heavy atom. The molecule has 100 valence electrons. The third-order valence-corrected chi connectivity index (χ3v) is 2.58. The van der Waals surface area contributed by atoms with E-state index in [1.807, 2.05) is 12.1 Å². The number of aromatic nitrogens is 1. The van der Waals surface area contributed by atoms with Crippen molar-refractivity contribution in [3.63, 3.8) is 0 Å². The molecule has 0 aliphatic rings. The lowest BCUT2D eigenvalue weighted by Crippen LogP contribution is -2.23. The molecule has 0 saturated carbocycles. The van der Waals surface area contributed by atoms with Crippen molar-refractivity contribution in [3.05, 3.63) is 23.9 Å². The fraction of sp³-hybridized carbons (Fsp3) is 0.538. The van der Waals surface area contributed by atoms with E-state index in [2.05, 4.69) is 10.3 Å². The van der Waals surface area contributed by atoms with Crippen molar-refractivity contribution in [2.24, 2.45) is 0 Å². The van der Waals surface area contributed by atoms with Crippen LogP contribution in [0.15, 0.2) is 18.3 Å². The van der Waals surface area contributed by atoms with Crippen LogP contribution in [0.5, 0.6) is 5.88 Å². The molecule has 5 heteroatoms. The molecule has 0 aliphatic heterocycles. The van der Waals surface area contributed by atoms with Crippen LogP contribution in [0.2, 0.25) is 0 Å². The minimum atomic E-state index is 0.169. The summed E-state index contributed by atoms with van der Waals surface area (Å²) in [6.45, 7) is 1.58. The first-order chi connectivity index (χ1) is 8.63. The molecule has 1 rings (SSSR count). The summed E-state index contributed by atoms with van der Waals surface area (Å²) in [5, 5.41) is 3.28. The van der Waals surface area contributed by atoms with E-state index in [1.165, 1.54) is 0 Å². The molecule has 1 aromatic heterocycles. The van der Waals surface area contributed by atoms with Gasteiger partial charge in [0.15, 0.2) is 0 Å². The number of pyridine rings is 1. The van der Waals surface area contributed by atoms with Gasteiger partial charge < -0.3 is 15.0 Å². The topological polar surface area (TPSA) is 54.5 Å². The molecule has 0 unspecified atom stereocenters. The molecule has 1 N–H and O–H groups in total. The van der Waals surface area contributed by atoms with Crippen LogP contribution in [-0.4, -0.2) is 43.5 Å². The maximum atomic E-state index is 11.3. The number of ether oxygens (including phenoxy) is 1. The Hall–Kier alpha value is -1.62. The van der Waals surface area contributed by atoms with Gasteiger partial charge in [0.1, 0.15) is 0 Å². The van der Waals surface area contributed by atoms with Gasteiger partial charge in [-0.15, -0.1) is 0 Å². The van der Waals surface area contributed by atoms with Gasteiger partial charge in [0.05, 0.1) is 7.11 Å². The zero-order valence-corrected chi connectivity index (χ0v) is 11.3. The highest BCUT2D eigenvalue weighted by Gasteiger charge is 2.02. The number of rotatable bonds is 7. The fourth-order valence-electron chi connectivity index (χ4n) is 1.46. The van der Waals surface area contributed by atoms with Crippen molar-refractivity contribution in [2.75, 3.05) is 27.7 Å². The number of hydrogen-bond donors (Lipinski definition) is 1. The molecule has 0 atom stereocenters. The molecular formula is C13H21N3O2. The van der Waals surface area contributed by atoms with Crippen molar-refractivity contribution in [1.82, 2.24) is 15.2 Å². The van der Waals surface area contributed by atoms with E-state index in [9.17, 15) is 4.79 Å². The SMILES string of the molecule is COc1ccc(CNCCCC(=O)N(C)C)cn1. The number of carbonyl (C=O) groups excluding carboxylic acids is 1. The summed E-state index contributed by atoms with van der Waals surface area (Å²) in [4.78, 5) is 17.1. The standard InChI is InChI=1S/C13H21N3O2/c1-16(2)13(17)5-4-8-14-9-11-6-7-12(18-3)15-10-11/h6-7,10,14H,4-5,8-9H2,1-3H3. The molecule has 1 heterocycles. The molecule has 0 fully saturated rings. The summed E-state index contributed by atoms with van der Waals surface area (Å²) in [7, 11) is 5.15. The van der Waals surface area contributed by atoms with E-state index in [4.69, 9.17) is 4.74 Å². The van der Waals surface area contributed by atoms with Crippen molar-refractivity contribution in [3.8, 4) is 5.88 Å². The van der Waals surface area contributed by atoms with Gasteiger partial charge in [0.25, 0.3) is 0 Å². The normalized spacial score (nSPS) is 10.2. The summed E-state index contributed by atoms with van der Waals surface area (Å²) in [6, 6.07) is 3.82. The van der Waals surface area contributed by atoms with Crippen LogP contribution in [0.4, 0.5) is 0 Å². The Bertz CT molecular complexity index is 363. The monoisotopic (exact) mass is 251 g/mol. The minimum Gasteiger partial charge on any atom is -0.481 e. The van der Waals surface area contributed by atoms with E-state index < -0.39 is 0 Å². The summed E-state index contributed by atoms with van der Waals surface area (Å²) < 4.78 is 4.99. The predicted molar refractivity (Wildman–Crippen MR) is 70.4 cm³/mol. The second-order valence-electron chi connectivity index (χ2n) is 4.28. The van der Waals surface area contributed by atoms with E-state index in [1.54, 1.807) is 32.3 Å². The van der Waals surface area contributed by atoms with Gasteiger partial charge in [-0.25, -0.2) is 4.98 Å². The second kappa shape index (κ2) is 7.66. The number of hydrogen-bond acceptors (Lipinski definition) is 4. The Balaban J connectivity index is 2.15. The Kier molecular flexibility index (Phi) is 6.14. The largest absolute Gasteiger partial charge is 0.481 e. The molecule has 0 aromatic carbocycles. The molecule has 0 saturated heterocycles. The first-order valence-corrected chi connectivity index (χ1v) is 6.03. The summed E-state index contributed by atoms with van der Waals surface area (Å²) in [6.07, 6.45) is 3.22. The quantitative estimate of drug-likeness (QED) is 0.736. The first-order valence-electron chi connectivity index (χ1n) is 6.03. The highest BCUT2D eigenvalue weighted by molar-refractivity contribution is 5.75.